The summed E-state index contributed by atoms with van der Waals surface area (Å²) in [5.74, 6) is -0.897. The fraction of sp³-hybridized carbons (Fsp3) is 0.0714. The number of nitrogens with one attached hydrogen (secondary N) is 1. The Kier molecular flexibility index (Phi) is 5.76. The van der Waals surface area contributed by atoms with E-state index in [0.29, 0.717) is 15.3 Å². The third kappa shape index (κ3) is 4.69. The molecule has 1 N–H and O–H groups in total. The summed E-state index contributed by atoms with van der Waals surface area (Å²) in [6.45, 7) is -0.452. The molecule has 0 spiro atoms. The summed E-state index contributed by atoms with van der Waals surface area (Å²) in [6.07, 6.45) is 1.39. The molecule has 0 saturated heterocycles. The van der Waals surface area contributed by atoms with Crippen molar-refractivity contribution in [1.29, 1.82) is 0 Å². The molecule has 0 atom stereocenters. The topological polar surface area (TPSA) is 68.3 Å². The van der Waals surface area contributed by atoms with Gasteiger partial charge in [0.05, 0.1) is 15.6 Å². The van der Waals surface area contributed by atoms with Crippen LogP contribution in [0.15, 0.2) is 41.0 Å². The highest BCUT2D eigenvalue weighted by molar-refractivity contribution is 9.10. The fourth-order valence-corrected chi connectivity index (χ4v) is 2.16. The standard InChI is InChI=1S/C14H9BrCl2N2O3/c15-8-1-3-11(17)10(5-8)14(21)22-7-13(20)19-12-4-2-9(16)6-18-12/h1-6H,7H2,(H,18,19,20). The van der Waals surface area contributed by atoms with Gasteiger partial charge in [0.25, 0.3) is 5.91 Å². The number of anilines is 1. The minimum absolute atomic E-state index is 0.174. The molecule has 22 heavy (non-hydrogen) atoms. The van der Waals surface area contributed by atoms with Crippen LogP contribution >= 0.6 is 39.1 Å². The highest BCUT2D eigenvalue weighted by atomic mass is 79.9. The molecule has 0 fully saturated rings. The molecular formula is C14H9BrCl2N2O3. The Morgan fingerprint density at radius 2 is 2.00 bits per heavy atom. The van der Waals surface area contributed by atoms with Crippen LogP contribution in [0.2, 0.25) is 10.0 Å². The first-order chi connectivity index (χ1) is 10.5. The van der Waals surface area contributed by atoms with Gasteiger partial charge in [0.15, 0.2) is 6.61 Å². The van der Waals surface area contributed by atoms with Gasteiger partial charge in [-0.25, -0.2) is 9.78 Å². The summed E-state index contributed by atoms with van der Waals surface area (Å²) < 4.78 is 5.59. The van der Waals surface area contributed by atoms with E-state index in [2.05, 4.69) is 26.2 Å². The van der Waals surface area contributed by atoms with Crippen LogP contribution in [0.5, 0.6) is 0 Å². The molecule has 2 rings (SSSR count). The van der Waals surface area contributed by atoms with Crippen LogP contribution in [0.25, 0.3) is 0 Å². The zero-order valence-electron chi connectivity index (χ0n) is 11.0. The van der Waals surface area contributed by atoms with Crippen molar-refractivity contribution >= 4 is 56.8 Å². The molecule has 8 heteroatoms. The van der Waals surface area contributed by atoms with Crippen LogP contribution in [0.4, 0.5) is 5.82 Å². The Balaban J connectivity index is 1.91. The van der Waals surface area contributed by atoms with Crippen LogP contribution in [0.3, 0.4) is 0 Å². The van der Waals surface area contributed by atoms with Crippen LogP contribution in [0, 0.1) is 0 Å². The molecule has 0 aliphatic carbocycles. The Morgan fingerprint density at radius 3 is 2.68 bits per heavy atom. The average Bonchev–Trinajstić information content (AvgIpc) is 2.49. The highest BCUT2D eigenvalue weighted by Crippen LogP contribution is 2.21. The first kappa shape index (κ1) is 16.7. The summed E-state index contributed by atoms with van der Waals surface area (Å²) in [7, 11) is 0. The van der Waals surface area contributed by atoms with Crippen LogP contribution < -0.4 is 5.32 Å². The van der Waals surface area contributed by atoms with Crippen molar-refractivity contribution < 1.29 is 14.3 Å². The Labute approximate surface area is 144 Å². The van der Waals surface area contributed by atoms with Crippen molar-refractivity contribution in [3.63, 3.8) is 0 Å². The number of carbonyl (C=O) groups excluding carboxylic acids is 2. The van der Waals surface area contributed by atoms with E-state index in [1.807, 2.05) is 0 Å². The van der Waals surface area contributed by atoms with Crippen molar-refractivity contribution in [2.75, 3.05) is 11.9 Å². The second-order valence-corrected chi connectivity index (χ2v) is 5.87. The maximum Gasteiger partial charge on any atom is 0.340 e. The number of pyridine rings is 1. The lowest BCUT2D eigenvalue weighted by Gasteiger charge is -2.07. The predicted molar refractivity (Wildman–Crippen MR) is 87.3 cm³/mol. The van der Waals surface area contributed by atoms with Crippen LogP contribution in [0.1, 0.15) is 10.4 Å². The number of ether oxygens (including phenoxy) is 1. The predicted octanol–water partition coefficient (Wildman–Crippen LogP) is 3.95. The summed E-state index contributed by atoms with van der Waals surface area (Å²) in [5.41, 5.74) is 0.174. The molecule has 0 aliphatic heterocycles. The number of carbonyl (C=O) groups is 2. The lowest BCUT2D eigenvalue weighted by Crippen LogP contribution is -2.21. The number of halogens is 3. The van der Waals surface area contributed by atoms with Gasteiger partial charge in [0.1, 0.15) is 5.82 Å². The molecule has 0 bridgehead atoms. The molecule has 1 aromatic carbocycles. The highest BCUT2D eigenvalue weighted by Gasteiger charge is 2.14. The summed E-state index contributed by atoms with van der Waals surface area (Å²) in [5, 5.41) is 3.17. The quantitative estimate of drug-likeness (QED) is 0.785. The van der Waals surface area contributed by atoms with Crippen LogP contribution in [-0.4, -0.2) is 23.5 Å². The second kappa shape index (κ2) is 7.58. The van der Waals surface area contributed by atoms with Crippen molar-refractivity contribution in [3.8, 4) is 0 Å². The molecular weight excluding hydrogens is 395 g/mol. The molecule has 1 amide bonds. The van der Waals surface area contributed by atoms with Gasteiger partial charge in [-0.3, -0.25) is 4.79 Å². The van der Waals surface area contributed by atoms with Gasteiger partial charge in [-0.15, -0.1) is 0 Å². The molecule has 2 aromatic rings. The van der Waals surface area contributed by atoms with Crippen LogP contribution in [-0.2, 0) is 9.53 Å². The number of esters is 1. The Bertz CT molecular complexity index is 708. The molecule has 114 valence electrons. The van der Waals surface area contributed by atoms with Gasteiger partial charge in [0, 0.05) is 10.7 Å². The number of benzene rings is 1. The first-order valence-electron chi connectivity index (χ1n) is 5.99. The minimum Gasteiger partial charge on any atom is -0.452 e. The largest absolute Gasteiger partial charge is 0.452 e. The molecule has 1 heterocycles. The van der Waals surface area contributed by atoms with Gasteiger partial charge in [0.2, 0.25) is 0 Å². The summed E-state index contributed by atoms with van der Waals surface area (Å²) in [4.78, 5) is 27.5. The van der Waals surface area contributed by atoms with Crippen molar-refractivity contribution in [1.82, 2.24) is 4.98 Å². The molecule has 0 saturated carbocycles. The number of aromatic nitrogens is 1. The number of hydrogen-bond donors (Lipinski definition) is 1. The molecule has 0 radical (unpaired) electrons. The number of rotatable bonds is 4. The zero-order valence-corrected chi connectivity index (χ0v) is 14.1. The number of amides is 1. The van der Waals surface area contributed by atoms with E-state index >= 15 is 0 Å². The van der Waals surface area contributed by atoms with Gasteiger partial charge >= 0.3 is 5.97 Å². The van der Waals surface area contributed by atoms with E-state index in [4.69, 9.17) is 27.9 Å². The first-order valence-corrected chi connectivity index (χ1v) is 7.54. The second-order valence-electron chi connectivity index (χ2n) is 4.11. The summed E-state index contributed by atoms with van der Waals surface area (Å²) in [6, 6.07) is 7.88. The Morgan fingerprint density at radius 1 is 1.23 bits per heavy atom. The fourth-order valence-electron chi connectivity index (χ4n) is 1.49. The van der Waals surface area contributed by atoms with Gasteiger partial charge < -0.3 is 10.1 Å². The van der Waals surface area contributed by atoms with E-state index in [0.717, 1.165) is 0 Å². The average molecular weight is 404 g/mol. The van der Waals surface area contributed by atoms with E-state index < -0.39 is 18.5 Å². The number of nitrogens with zero attached hydrogens (tertiary/aromatic N) is 1. The van der Waals surface area contributed by atoms with E-state index in [1.165, 1.54) is 18.3 Å². The maximum absolute atomic E-state index is 11.9. The smallest absolute Gasteiger partial charge is 0.340 e. The maximum atomic E-state index is 11.9. The summed E-state index contributed by atoms with van der Waals surface area (Å²) >= 11 is 14.8. The molecule has 0 unspecified atom stereocenters. The molecule has 5 nitrogen and oxygen atoms in total. The van der Waals surface area contributed by atoms with Gasteiger partial charge in [-0.1, -0.05) is 39.1 Å². The molecule has 0 aliphatic rings. The Hall–Kier alpha value is -1.63. The third-order valence-corrected chi connectivity index (χ3v) is 3.52. The van der Waals surface area contributed by atoms with E-state index in [-0.39, 0.29) is 10.6 Å². The lowest BCUT2D eigenvalue weighted by molar-refractivity contribution is -0.119. The third-order valence-electron chi connectivity index (χ3n) is 2.48. The van der Waals surface area contributed by atoms with E-state index in [9.17, 15) is 9.59 Å². The SMILES string of the molecule is O=C(COC(=O)c1cc(Br)ccc1Cl)Nc1ccc(Cl)cn1. The molecule has 1 aromatic heterocycles. The van der Waals surface area contributed by atoms with Crippen molar-refractivity contribution in [3.05, 3.63) is 56.6 Å². The lowest BCUT2D eigenvalue weighted by atomic mass is 10.2. The zero-order chi connectivity index (χ0) is 16.1. The monoisotopic (exact) mass is 402 g/mol. The van der Waals surface area contributed by atoms with Crippen molar-refractivity contribution in [2.24, 2.45) is 0 Å². The van der Waals surface area contributed by atoms with Gasteiger partial charge in [-0.05, 0) is 30.3 Å². The number of hydrogen-bond acceptors (Lipinski definition) is 4. The normalized spacial score (nSPS) is 10.1. The van der Waals surface area contributed by atoms with Crippen molar-refractivity contribution in [2.45, 2.75) is 0 Å². The van der Waals surface area contributed by atoms with Gasteiger partial charge in [-0.2, -0.15) is 0 Å². The van der Waals surface area contributed by atoms with E-state index in [1.54, 1.807) is 18.2 Å². The minimum atomic E-state index is -0.689.